The van der Waals surface area contributed by atoms with Gasteiger partial charge in [0, 0.05) is 0 Å². The predicted molar refractivity (Wildman–Crippen MR) is 24.7 cm³/mol. The third-order valence-corrected chi connectivity index (χ3v) is 0. The fourth-order valence-corrected chi connectivity index (χ4v) is 0. The minimum Gasteiger partial charge on any atom is -0.116 e. The fourth-order valence-electron chi connectivity index (χ4n) is 0. The van der Waals surface area contributed by atoms with E-state index in [0.717, 1.165) is 0 Å². The maximum absolute atomic E-state index is 2.23. The normalized spacial score (nSPS) is 7.20. The van der Waals surface area contributed by atoms with Gasteiger partial charge in [0.2, 0.25) is 0 Å². The van der Waals surface area contributed by atoms with Crippen molar-refractivity contribution in [2.45, 2.75) is 0 Å². The number of hydrogen-bond acceptors (Lipinski definition) is 0. The zero-order chi connectivity index (χ0) is 3.58. The number of hydrogen-bond donors (Lipinski definition) is 0. The molecule has 0 aliphatic rings. The number of rotatable bonds is 0. The van der Waals surface area contributed by atoms with Gasteiger partial charge in [-0.1, -0.05) is 0 Å². The van der Waals surface area contributed by atoms with Crippen LogP contribution in [0.25, 0.3) is 0 Å². The monoisotopic (exact) mass is 260 g/mol. The average Bonchev–Trinajstić information content (AvgIpc) is 0.811. The third kappa shape index (κ3) is 39.8. The van der Waals surface area contributed by atoms with Gasteiger partial charge in [-0.2, -0.15) is 0 Å². The van der Waals surface area contributed by atoms with Crippen molar-refractivity contribution in [2.75, 3.05) is 20.0 Å². The van der Waals surface area contributed by atoms with Crippen LogP contribution in [0.4, 0.5) is 0 Å². The Bertz CT molecular complexity index is 11.6. The Morgan fingerprint density at radius 2 is 1.00 bits per heavy atom. The van der Waals surface area contributed by atoms with Crippen LogP contribution in [0.2, 0.25) is 0 Å². The third-order valence-electron chi connectivity index (χ3n) is 0. The van der Waals surface area contributed by atoms with Crippen molar-refractivity contribution in [3.05, 3.63) is 0 Å². The minimum atomic E-state index is 0. The molecule has 0 unspecified atom stereocenters. The van der Waals surface area contributed by atoms with Crippen LogP contribution >= 0.6 is 7.92 Å². The first-order chi connectivity index (χ1) is 1.73. The van der Waals surface area contributed by atoms with Crippen molar-refractivity contribution >= 4 is 7.92 Å². The van der Waals surface area contributed by atoms with E-state index in [-0.39, 0.29) is 21.1 Å². The molecule has 5 heavy (non-hydrogen) atoms. The molecule has 0 bridgehead atoms. The molecular weight excluding hydrogens is 251 g/mol. The second-order valence-corrected chi connectivity index (χ2v) is 4.02. The van der Waals surface area contributed by atoms with E-state index >= 15 is 0 Å². The summed E-state index contributed by atoms with van der Waals surface area (Å²) in [6.07, 6.45) is 0. The van der Waals surface area contributed by atoms with E-state index < -0.39 is 0 Å². The first-order valence-electron chi connectivity index (χ1n) is 1.34. The second-order valence-electron chi connectivity index (χ2n) is 1.34. The Labute approximate surface area is 49.4 Å². The maximum Gasteiger partial charge on any atom is 4.00 e. The molecule has 0 aliphatic heterocycles. The summed E-state index contributed by atoms with van der Waals surface area (Å²) in [4.78, 5) is 0. The molecule has 0 aliphatic carbocycles. The van der Waals surface area contributed by atoms with E-state index in [1.807, 2.05) is 0 Å². The summed E-state index contributed by atoms with van der Waals surface area (Å²) in [7, 11) is 0.380. The van der Waals surface area contributed by atoms with Crippen LogP contribution in [0.3, 0.4) is 0 Å². The van der Waals surface area contributed by atoms with Crippen LogP contribution in [-0.4, -0.2) is 20.0 Å². The van der Waals surface area contributed by atoms with E-state index in [0.29, 0.717) is 7.92 Å². The molecule has 28 valence electrons. The standard InChI is InChI=1S/C3H9P.W/c1-4(2)3;/h1-3H3;/q;+4. The molecule has 0 spiro atoms. The van der Waals surface area contributed by atoms with Gasteiger partial charge in [0.1, 0.15) is 0 Å². The molecule has 0 fully saturated rings. The van der Waals surface area contributed by atoms with Gasteiger partial charge in [-0.05, 0) is 20.0 Å². The quantitative estimate of drug-likeness (QED) is 0.577. The van der Waals surface area contributed by atoms with Crippen LogP contribution in [0.15, 0.2) is 0 Å². The van der Waals surface area contributed by atoms with E-state index in [4.69, 9.17) is 0 Å². The Morgan fingerprint density at radius 1 is 1.00 bits per heavy atom. The molecule has 0 aromatic heterocycles. The van der Waals surface area contributed by atoms with E-state index in [2.05, 4.69) is 20.0 Å². The summed E-state index contributed by atoms with van der Waals surface area (Å²) >= 11 is 0. The first-order valence-corrected chi connectivity index (χ1v) is 4.02. The Hall–Kier alpha value is 1.12. The molecule has 0 N–H and O–H groups in total. The molecule has 0 aromatic rings. The predicted octanol–water partition coefficient (Wildman–Crippen LogP) is 1.36. The summed E-state index contributed by atoms with van der Waals surface area (Å²) in [6, 6.07) is 0. The van der Waals surface area contributed by atoms with Crippen molar-refractivity contribution < 1.29 is 21.1 Å². The van der Waals surface area contributed by atoms with Gasteiger partial charge in [0.05, 0.1) is 0 Å². The van der Waals surface area contributed by atoms with Crippen molar-refractivity contribution in [1.82, 2.24) is 0 Å². The smallest absolute Gasteiger partial charge is 0.116 e. The Morgan fingerprint density at radius 3 is 1.00 bits per heavy atom. The summed E-state index contributed by atoms with van der Waals surface area (Å²) < 4.78 is 0. The Kier molecular flexibility index (Phi) is 9.67. The van der Waals surface area contributed by atoms with E-state index in [1.165, 1.54) is 0 Å². The van der Waals surface area contributed by atoms with Crippen LogP contribution in [0.5, 0.6) is 0 Å². The van der Waals surface area contributed by atoms with Crippen LogP contribution in [0, 0.1) is 0 Å². The summed E-state index contributed by atoms with van der Waals surface area (Å²) in [5, 5.41) is 0. The van der Waals surface area contributed by atoms with Crippen molar-refractivity contribution in [3.63, 3.8) is 0 Å². The van der Waals surface area contributed by atoms with Crippen LogP contribution in [0.1, 0.15) is 0 Å². The average molecular weight is 260 g/mol. The Balaban J connectivity index is 0. The van der Waals surface area contributed by atoms with Gasteiger partial charge >= 0.3 is 21.1 Å². The second kappa shape index (κ2) is 5.12. The molecule has 0 nitrogen and oxygen atoms in total. The largest absolute Gasteiger partial charge is 4.00 e. The van der Waals surface area contributed by atoms with Gasteiger partial charge in [-0.25, -0.2) is 0 Å². The molecule has 0 saturated heterocycles. The van der Waals surface area contributed by atoms with Crippen LogP contribution < -0.4 is 0 Å². The molecule has 0 radical (unpaired) electrons. The van der Waals surface area contributed by atoms with Gasteiger partial charge in [-0.3, -0.25) is 0 Å². The van der Waals surface area contributed by atoms with Gasteiger partial charge in [0.15, 0.2) is 0 Å². The van der Waals surface area contributed by atoms with Gasteiger partial charge in [0.25, 0.3) is 0 Å². The topological polar surface area (TPSA) is 0 Å². The van der Waals surface area contributed by atoms with Gasteiger partial charge in [-0.15, -0.1) is 7.92 Å². The van der Waals surface area contributed by atoms with Crippen molar-refractivity contribution in [1.29, 1.82) is 0 Å². The zero-order valence-corrected chi connectivity index (χ0v) is 7.68. The first kappa shape index (κ1) is 9.45. The minimum absolute atomic E-state index is 0. The van der Waals surface area contributed by atoms with Gasteiger partial charge < -0.3 is 0 Å². The molecular formula is C3H9PW+4. The maximum atomic E-state index is 2.23. The fraction of sp³-hybridized carbons (Fsp3) is 1.00. The molecule has 0 saturated carbocycles. The van der Waals surface area contributed by atoms with Crippen molar-refractivity contribution in [3.8, 4) is 0 Å². The summed E-state index contributed by atoms with van der Waals surface area (Å²) in [5.74, 6) is 0. The summed E-state index contributed by atoms with van der Waals surface area (Å²) in [5.41, 5.74) is 0. The SMILES string of the molecule is CP(C)C.[W+4]. The van der Waals surface area contributed by atoms with Crippen LogP contribution in [-0.2, 0) is 21.1 Å². The summed E-state index contributed by atoms with van der Waals surface area (Å²) in [6.45, 7) is 6.69. The molecule has 2 heteroatoms. The van der Waals surface area contributed by atoms with E-state index in [1.54, 1.807) is 0 Å². The molecule has 0 aromatic carbocycles. The molecule has 0 amide bonds. The molecule has 0 atom stereocenters. The zero-order valence-electron chi connectivity index (χ0n) is 3.86. The van der Waals surface area contributed by atoms with E-state index in [9.17, 15) is 0 Å². The molecule has 0 heterocycles. The van der Waals surface area contributed by atoms with Crippen molar-refractivity contribution in [2.24, 2.45) is 0 Å². The molecule has 0 rings (SSSR count).